The topological polar surface area (TPSA) is 53.2 Å². The number of rotatable bonds is 5. The van der Waals surface area contributed by atoms with E-state index in [1.807, 2.05) is 36.4 Å². The number of aromatic nitrogens is 2. The van der Waals surface area contributed by atoms with E-state index in [-0.39, 0.29) is 18.8 Å². The number of benzene rings is 2. The number of carbonyl (C=O) groups excluding carboxylic acids is 1. The molecule has 0 saturated heterocycles. The van der Waals surface area contributed by atoms with Crippen LogP contribution in [-0.4, -0.2) is 21.7 Å². The van der Waals surface area contributed by atoms with Gasteiger partial charge in [-0.3, -0.25) is 13.9 Å². The van der Waals surface area contributed by atoms with Crippen molar-refractivity contribution in [3.63, 3.8) is 0 Å². The molecule has 0 fully saturated rings. The normalized spacial score (nSPS) is 10.9. The summed E-state index contributed by atoms with van der Waals surface area (Å²) in [7, 11) is 0. The summed E-state index contributed by atoms with van der Waals surface area (Å²) in [5, 5.41) is 0.649. The van der Waals surface area contributed by atoms with Crippen molar-refractivity contribution >= 4 is 28.6 Å². The number of carbonyl (C=O) groups is 1. The van der Waals surface area contributed by atoms with Gasteiger partial charge in [0.15, 0.2) is 0 Å². The van der Waals surface area contributed by atoms with Crippen LogP contribution >= 0.6 is 11.6 Å². The average molecular weight is 345 g/mol. The predicted molar refractivity (Wildman–Crippen MR) is 93.4 cm³/mol. The third-order valence-corrected chi connectivity index (χ3v) is 4.02. The molecule has 0 aliphatic heterocycles. The van der Waals surface area contributed by atoms with Gasteiger partial charge in [-0.15, -0.1) is 0 Å². The third-order valence-electron chi connectivity index (χ3n) is 3.77. The van der Waals surface area contributed by atoms with Crippen molar-refractivity contribution in [2.24, 2.45) is 0 Å². The first-order chi connectivity index (χ1) is 11.6. The molecule has 0 aliphatic rings. The lowest BCUT2D eigenvalue weighted by Crippen LogP contribution is -2.28. The molecule has 0 spiro atoms. The number of para-hydroxylation sites is 2. The second kappa shape index (κ2) is 6.93. The minimum absolute atomic E-state index is 0.0964. The molecular formula is C18H17ClN2O3. The minimum atomic E-state index is -0.422. The smallest absolute Gasteiger partial charge is 0.329 e. The molecule has 3 aromatic rings. The maximum atomic E-state index is 12.8. The Kier molecular flexibility index (Phi) is 4.71. The maximum Gasteiger partial charge on any atom is 0.329 e. The number of fused-ring (bicyclic) bond motifs is 1. The molecule has 1 aromatic heterocycles. The Hall–Kier alpha value is -2.53. The van der Waals surface area contributed by atoms with Crippen LogP contribution in [0.4, 0.5) is 0 Å². The van der Waals surface area contributed by atoms with Crippen LogP contribution in [0, 0.1) is 0 Å². The van der Waals surface area contributed by atoms with E-state index >= 15 is 0 Å². The number of ether oxygens (including phenoxy) is 1. The van der Waals surface area contributed by atoms with Crippen molar-refractivity contribution < 1.29 is 9.53 Å². The molecule has 1 heterocycles. The van der Waals surface area contributed by atoms with Crippen molar-refractivity contribution in [1.82, 2.24) is 9.13 Å². The van der Waals surface area contributed by atoms with E-state index in [9.17, 15) is 9.59 Å². The van der Waals surface area contributed by atoms with Gasteiger partial charge in [-0.1, -0.05) is 35.9 Å². The Morgan fingerprint density at radius 2 is 1.67 bits per heavy atom. The molecule has 5 nitrogen and oxygen atoms in total. The van der Waals surface area contributed by atoms with Gasteiger partial charge in [0.1, 0.15) is 6.54 Å². The van der Waals surface area contributed by atoms with Crippen LogP contribution < -0.4 is 5.69 Å². The van der Waals surface area contributed by atoms with Crippen LogP contribution in [0.15, 0.2) is 53.3 Å². The summed E-state index contributed by atoms with van der Waals surface area (Å²) in [5.41, 5.74) is 2.21. The highest BCUT2D eigenvalue weighted by molar-refractivity contribution is 6.30. The molecule has 0 atom stereocenters. The Bertz CT molecular complexity index is 926. The fraction of sp³-hybridized carbons (Fsp3) is 0.222. The lowest BCUT2D eigenvalue weighted by molar-refractivity contribution is -0.143. The number of nitrogens with zero attached hydrogens (tertiary/aromatic N) is 2. The third kappa shape index (κ3) is 3.21. The summed E-state index contributed by atoms with van der Waals surface area (Å²) in [5.74, 6) is -0.422. The van der Waals surface area contributed by atoms with E-state index in [4.69, 9.17) is 16.3 Å². The van der Waals surface area contributed by atoms with Gasteiger partial charge < -0.3 is 4.74 Å². The summed E-state index contributed by atoms with van der Waals surface area (Å²) in [6, 6.07) is 14.8. The Balaban J connectivity index is 2.04. The molecule has 0 bridgehead atoms. The van der Waals surface area contributed by atoms with Crippen molar-refractivity contribution in [1.29, 1.82) is 0 Å². The van der Waals surface area contributed by atoms with E-state index in [1.54, 1.807) is 23.6 Å². The molecule has 3 rings (SSSR count). The molecule has 6 heteroatoms. The van der Waals surface area contributed by atoms with Crippen LogP contribution in [0.3, 0.4) is 0 Å². The van der Waals surface area contributed by atoms with Gasteiger partial charge in [0, 0.05) is 5.02 Å². The van der Waals surface area contributed by atoms with Gasteiger partial charge >= 0.3 is 11.7 Å². The maximum absolute atomic E-state index is 12.8. The van der Waals surface area contributed by atoms with Gasteiger partial charge in [0.25, 0.3) is 0 Å². The SMILES string of the molecule is CCOC(=O)Cn1c(=O)n(Cc2ccc(Cl)cc2)c2ccccc21. The Morgan fingerprint density at radius 3 is 2.29 bits per heavy atom. The summed E-state index contributed by atoms with van der Waals surface area (Å²) in [6.45, 7) is 2.34. The van der Waals surface area contributed by atoms with E-state index in [1.165, 1.54) is 4.57 Å². The van der Waals surface area contributed by atoms with Crippen LogP contribution in [0.2, 0.25) is 5.02 Å². The highest BCUT2D eigenvalue weighted by Gasteiger charge is 2.16. The van der Waals surface area contributed by atoms with Crippen molar-refractivity contribution in [3.8, 4) is 0 Å². The van der Waals surface area contributed by atoms with Crippen molar-refractivity contribution in [2.45, 2.75) is 20.0 Å². The lowest BCUT2D eigenvalue weighted by Gasteiger charge is -2.04. The average Bonchev–Trinajstić information content (AvgIpc) is 2.83. The first-order valence-corrected chi connectivity index (χ1v) is 8.06. The van der Waals surface area contributed by atoms with E-state index in [2.05, 4.69) is 0 Å². The van der Waals surface area contributed by atoms with Crippen LogP contribution in [-0.2, 0) is 22.6 Å². The van der Waals surface area contributed by atoms with Gasteiger partial charge in [-0.2, -0.15) is 0 Å². The quantitative estimate of drug-likeness (QED) is 0.668. The van der Waals surface area contributed by atoms with Crippen molar-refractivity contribution in [2.75, 3.05) is 6.61 Å². The molecule has 0 radical (unpaired) electrons. The molecule has 0 saturated carbocycles. The summed E-state index contributed by atoms with van der Waals surface area (Å²) < 4.78 is 8.07. The molecular weight excluding hydrogens is 328 g/mol. The molecule has 2 aromatic carbocycles. The zero-order valence-corrected chi connectivity index (χ0v) is 14.0. The molecule has 0 N–H and O–H groups in total. The number of halogens is 1. The minimum Gasteiger partial charge on any atom is -0.465 e. The van der Waals surface area contributed by atoms with E-state index < -0.39 is 5.97 Å². The number of hydrogen-bond acceptors (Lipinski definition) is 3. The molecule has 0 unspecified atom stereocenters. The molecule has 0 aliphatic carbocycles. The highest BCUT2D eigenvalue weighted by atomic mass is 35.5. The highest BCUT2D eigenvalue weighted by Crippen LogP contribution is 2.16. The van der Waals surface area contributed by atoms with Crippen LogP contribution in [0.25, 0.3) is 11.0 Å². The van der Waals surface area contributed by atoms with Crippen LogP contribution in [0.1, 0.15) is 12.5 Å². The number of esters is 1. The zero-order chi connectivity index (χ0) is 17.1. The van der Waals surface area contributed by atoms with Crippen LogP contribution in [0.5, 0.6) is 0 Å². The largest absolute Gasteiger partial charge is 0.465 e. The molecule has 124 valence electrons. The Labute approximate surface area is 144 Å². The molecule has 24 heavy (non-hydrogen) atoms. The fourth-order valence-corrected chi connectivity index (χ4v) is 2.81. The van der Waals surface area contributed by atoms with Gasteiger partial charge in [0.05, 0.1) is 24.2 Å². The zero-order valence-electron chi connectivity index (χ0n) is 13.2. The summed E-state index contributed by atoms with van der Waals surface area (Å²) >= 11 is 5.91. The first-order valence-electron chi connectivity index (χ1n) is 7.68. The van der Waals surface area contributed by atoms with Gasteiger partial charge in [0.2, 0.25) is 0 Å². The van der Waals surface area contributed by atoms with E-state index in [0.717, 1.165) is 11.1 Å². The van der Waals surface area contributed by atoms with Gasteiger partial charge in [-0.05, 0) is 36.8 Å². The van der Waals surface area contributed by atoms with Gasteiger partial charge in [-0.25, -0.2) is 4.79 Å². The number of hydrogen-bond donors (Lipinski definition) is 0. The van der Waals surface area contributed by atoms with E-state index in [0.29, 0.717) is 17.1 Å². The summed E-state index contributed by atoms with van der Waals surface area (Å²) in [6.07, 6.45) is 0. The second-order valence-electron chi connectivity index (χ2n) is 5.38. The fourth-order valence-electron chi connectivity index (χ4n) is 2.69. The second-order valence-corrected chi connectivity index (χ2v) is 5.81. The Morgan fingerprint density at radius 1 is 1.04 bits per heavy atom. The lowest BCUT2D eigenvalue weighted by atomic mass is 10.2. The first kappa shape index (κ1) is 16.3. The predicted octanol–water partition coefficient (Wildman–Crippen LogP) is 3.07. The van der Waals surface area contributed by atoms with Crippen molar-refractivity contribution in [3.05, 3.63) is 69.6 Å². The monoisotopic (exact) mass is 344 g/mol. The molecule has 0 amide bonds. The summed E-state index contributed by atoms with van der Waals surface area (Å²) in [4.78, 5) is 24.6. The number of imidazole rings is 1. The standard InChI is InChI=1S/C18H17ClN2O3/c1-2-24-17(22)12-21-16-6-4-3-5-15(16)20(18(21)23)11-13-7-9-14(19)10-8-13/h3-10H,2,11-12H2,1H3.